The van der Waals surface area contributed by atoms with Crippen molar-refractivity contribution in [2.45, 2.75) is 0 Å². The van der Waals surface area contributed by atoms with Gasteiger partial charge in [0.15, 0.2) is 0 Å². The first-order valence-electron chi connectivity index (χ1n) is 8.26. The lowest BCUT2D eigenvalue weighted by atomic mass is 10.2. The van der Waals surface area contributed by atoms with Crippen LogP contribution in [0.15, 0.2) is 30.5 Å². The first-order valence-corrected chi connectivity index (χ1v) is 8.26. The average molecular weight is 361 g/mol. The van der Waals surface area contributed by atoms with Crippen LogP contribution in [0.5, 0.6) is 0 Å². The fourth-order valence-electron chi connectivity index (χ4n) is 2.82. The van der Waals surface area contributed by atoms with Gasteiger partial charge in [-0.3, -0.25) is 15.0 Å². The van der Waals surface area contributed by atoms with Crippen molar-refractivity contribution in [3.8, 4) is 0 Å². The van der Waals surface area contributed by atoms with E-state index in [0.29, 0.717) is 6.54 Å². The molecule has 26 heavy (non-hydrogen) atoms. The zero-order valence-electron chi connectivity index (χ0n) is 14.1. The minimum absolute atomic E-state index is 0.152. The Morgan fingerprint density at radius 1 is 1.23 bits per heavy atom. The summed E-state index contributed by atoms with van der Waals surface area (Å²) >= 11 is 0. The summed E-state index contributed by atoms with van der Waals surface area (Å²) in [4.78, 5) is 22.4. The third-order valence-electron chi connectivity index (χ3n) is 4.27. The summed E-state index contributed by atoms with van der Waals surface area (Å²) in [5, 5.41) is 13.7. The van der Waals surface area contributed by atoms with Crippen LogP contribution in [-0.4, -0.2) is 59.1 Å². The molecule has 9 nitrogen and oxygen atoms in total. The molecule has 0 amide bonds. The number of piperazine rings is 1. The topological polar surface area (TPSA) is 113 Å². The highest BCUT2D eigenvalue weighted by Gasteiger charge is 2.17. The lowest BCUT2D eigenvalue weighted by Gasteiger charge is -2.36. The molecule has 10 heteroatoms. The molecule has 1 aromatic carbocycles. The number of aromatic nitrogens is 2. The van der Waals surface area contributed by atoms with Gasteiger partial charge in [-0.05, 0) is 24.3 Å². The van der Waals surface area contributed by atoms with Crippen molar-refractivity contribution in [1.29, 1.82) is 0 Å². The highest BCUT2D eigenvalue weighted by molar-refractivity contribution is 5.53. The number of halogens is 1. The van der Waals surface area contributed by atoms with Crippen LogP contribution in [-0.2, 0) is 0 Å². The largest absolute Gasteiger partial charge is 0.378 e. The molecule has 1 saturated heterocycles. The van der Waals surface area contributed by atoms with Gasteiger partial charge in [-0.1, -0.05) is 0 Å². The van der Waals surface area contributed by atoms with Gasteiger partial charge in [0, 0.05) is 45.0 Å². The van der Waals surface area contributed by atoms with Crippen molar-refractivity contribution < 1.29 is 9.31 Å². The Morgan fingerprint density at radius 2 is 1.92 bits per heavy atom. The van der Waals surface area contributed by atoms with Crippen LogP contribution in [0.1, 0.15) is 0 Å². The van der Waals surface area contributed by atoms with Crippen LogP contribution in [0.25, 0.3) is 0 Å². The second kappa shape index (κ2) is 7.91. The molecule has 1 aromatic heterocycles. The Labute approximate surface area is 149 Å². The molecule has 0 atom stereocenters. The van der Waals surface area contributed by atoms with Gasteiger partial charge in [0.25, 0.3) is 0 Å². The predicted molar refractivity (Wildman–Crippen MR) is 96.6 cm³/mol. The maximum absolute atomic E-state index is 13.0. The van der Waals surface area contributed by atoms with E-state index in [4.69, 9.17) is 5.73 Å². The quantitative estimate of drug-likeness (QED) is 0.585. The molecule has 0 unspecified atom stereocenters. The van der Waals surface area contributed by atoms with Crippen molar-refractivity contribution in [3.63, 3.8) is 0 Å². The third-order valence-corrected chi connectivity index (χ3v) is 4.27. The fraction of sp³-hybridized carbons (Fsp3) is 0.375. The van der Waals surface area contributed by atoms with Crippen molar-refractivity contribution in [1.82, 2.24) is 14.9 Å². The number of benzene rings is 1. The molecule has 138 valence electrons. The summed E-state index contributed by atoms with van der Waals surface area (Å²) in [6, 6.07) is 6.54. The number of rotatable bonds is 6. The van der Waals surface area contributed by atoms with Crippen LogP contribution in [0.3, 0.4) is 0 Å². The monoisotopic (exact) mass is 361 g/mol. The number of nitrogens with one attached hydrogen (secondary N) is 1. The summed E-state index contributed by atoms with van der Waals surface area (Å²) in [6.45, 7) is 4.91. The highest BCUT2D eigenvalue weighted by atomic mass is 19.1. The van der Waals surface area contributed by atoms with Gasteiger partial charge in [0.1, 0.15) is 12.0 Å². The molecule has 0 radical (unpaired) electrons. The standard InChI is InChI=1S/C16H20FN7O2/c17-12-1-3-13(4-2-12)23-9-7-22(8-10-23)6-5-19-16-20-11-14(24(25)26)15(18)21-16/h1-4,11H,5-10H2,(H3,18,19,20,21). The number of nitrogens with two attached hydrogens (primary N) is 1. The lowest BCUT2D eigenvalue weighted by molar-refractivity contribution is -0.384. The molecule has 1 fully saturated rings. The molecule has 0 aliphatic carbocycles. The zero-order chi connectivity index (χ0) is 18.5. The molecule has 3 N–H and O–H groups in total. The molecule has 0 spiro atoms. The summed E-state index contributed by atoms with van der Waals surface area (Å²) in [7, 11) is 0. The Balaban J connectivity index is 1.43. The van der Waals surface area contributed by atoms with E-state index >= 15 is 0 Å². The van der Waals surface area contributed by atoms with E-state index in [1.54, 1.807) is 12.1 Å². The second-order valence-corrected chi connectivity index (χ2v) is 5.95. The lowest BCUT2D eigenvalue weighted by Crippen LogP contribution is -2.47. The van der Waals surface area contributed by atoms with E-state index in [1.165, 1.54) is 12.1 Å². The van der Waals surface area contributed by atoms with Gasteiger partial charge in [-0.25, -0.2) is 9.37 Å². The van der Waals surface area contributed by atoms with Crippen molar-refractivity contribution in [3.05, 3.63) is 46.4 Å². The Morgan fingerprint density at radius 3 is 2.54 bits per heavy atom. The van der Waals surface area contributed by atoms with E-state index in [1.807, 2.05) is 0 Å². The van der Waals surface area contributed by atoms with E-state index in [-0.39, 0.29) is 23.3 Å². The van der Waals surface area contributed by atoms with Crippen LogP contribution < -0.4 is 16.0 Å². The number of nitrogens with zero attached hydrogens (tertiary/aromatic N) is 5. The summed E-state index contributed by atoms with van der Waals surface area (Å²) in [6.07, 6.45) is 1.10. The number of hydrogen-bond acceptors (Lipinski definition) is 8. The van der Waals surface area contributed by atoms with Gasteiger partial charge in [-0.2, -0.15) is 4.98 Å². The maximum Gasteiger partial charge on any atom is 0.329 e. The molecular formula is C16H20FN7O2. The van der Waals surface area contributed by atoms with Crippen LogP contribution in [0, 0.1) is 15.9 Å². The van der Waals surface area contributed by atoms with Crippen molar-refractivity contribution in [2.75, 3.05) is 55.2 Å². The van der Waals surface area contributed by atoms with Gasteiger partial charge in [0.2, 0.25) is 11.8 Å². The fourth-order valence-corrected chi connectivity index (χ4v) is 2.82. The second-order valence-electron chi connectivity index (χ2n) is 5.95. The van der Waals surface area contributed by atoms with E-state index < -0.39 is 4.92 Å². The van der Waals surface area contributed by atoms with Gasteiger partial charge >= 0.3 is 5.69 Å². The van der Waals surface area contributed by atoms with Crippen molar-refractivity contribution >= 4 is 23.1 Å². The van der Waals surface area contributed by atoms with E-state index in [2.05, 4.69) is 25.1 Å². The van der Waals surface area contributed by atoms with Crippen LogP contribution >= 0.6 is 0 Å². The van der Waals surface area contributed by atoms with Crippen LogP contribution in [0.4, 0.5) is 27.5 Å². The molecule has 0 bridgehead atoms. The van der Waals surface area contributed by atoms with Crippen molar-refractivity contribution in [2.24, 2.45) is 0 Å². The minimum Gasteiger partial charge on any atom is -0.378 e. The predicted octanol–water partition coefficient (Wildman–Crippen LogP) is 1.34. The molecular weight excluding hydrogens is 341 g/mol. The molecule has 1 aliphatic heterocycles. The number of nitro groups is 1. The molecule has 2 aromatic rings. The normalized spacial score (nSPS) is 15.0. The number of hydrogen-bond donors (Lipinski definition) is 2. The molecule has 0 saturated carbocycles. The summed E-state index contributed by atoms with van der Waals surface area (Å²) in [5.41, 5.74) is 6.27. The molecule has 3 rings (SSSR count). The van der Waals surface area contributed by atoms with E-state index in [0.717, 1.165) is 44.6 Å². The Hall–Kier alpha value is -3.01. The van der Waals surface area contributed by atoms with Gasteiger partial charge in [-0.15, -0.1) is 0 Å². The third kappa shape index (κ3) is 4.33. The smallest absolute Gasteiger partial charge is 0.329 e. The summed E-state index contributed by atoms with van der Waals surface area (Å²) in [5.74, 6) is -0.106. The minimum atomic E-state index is -0.611. The van der Waals surface area contributed by atoms with Crippen LogP contribution in [0.2, 0.25) is 0 Å². The molecule has 1 aliphatic rings. The van der Waals surface area contributed by atoms with Gasteiger partial charge in [0.05, 0.1) is 4.92 Å². The summed E-state index contributed by atoms with van der Waals surface area (Å²) < 4.78 is 13.0. The Kier molecular flexibility index (Phi) is 5.42. The van der Waals surface area contributed by atoms with Gasteiger partial charge < -0.3 is 16.0 Å². The first kappa shape index (κ1) is 17.8. The average Bonchev–Trinajstić information content (AvgIpc) is 2.63. The Bertz CT molecular complexity index is 764. The molecule has 2 heterocycles. The number of anilines is 3. The van der Waals surface area contributed by atoms with E-state index in [9.17, 15) is 14.5 Å². The first-order chi connectivity index (χ1) is 12.5. The zero-order valence-corrected chi connectivity index (χ0v) is 14.1. The number of nitrogen functional groups attached to an aromatic ring is 1. The SMILES string of the molecule is Nc1nc(NCCN2CCN(c3ccc(F)cc3)CC2)ncc1[N+](=O)[O-]. The maximum atomic E-state index is 13.0. The highest BCUT2D eigenvalue weighted by Crippen LogP contribution is 2.18.